The number of aromatic nitrogens is 1. The molecule has 144 valence electrons. The lowest BCUT2D eigenvalue weighted by Crippen LogP contribution is -2.49. The van der Waals surface area contributed by atoms with E-state index >= 15 is 0 Å². The number of carbonyl (C=O) groups is 2. The van der Waals surface area contributed by atoms with Crippen LogP contribution in [0.5, 0.6) is 0 Å². The third kappa shape index (κ3) is 4.82. The maximum atomic E-state index is 13.8. The third-order valence-electron chi connectivity index (χ3n) is 4.63. The van der Waals surface area contributed by atoms with E-state index in [1.165, 1.54) is 12.1 Å². The van der Waals surface area contributed by atoms with Gasteiger partial charge in [0.1, 0.15) is 5.82 Å². The van der Waals surface area contributed by atoms with Gasteiger partial charge in [-0.1, -0.05) is 12.1 Å². The van der Waals surface area contributed by atoms with E-state index in [9.17, 15) is 14.0 Å². The van der Waals surface area contributed by atoms with E-state index in [1.54, 1.807) is 40.3 Å². The second kappa shape index (κ2) is 8.47. The summed E-state index contributed by atoms with van der Waals surface area (Å²) < 4.78 is 13.8. The number of halogens is 1. The normalized spacial score (nSPS) is 14.9. The van der Waals surface area contributed by atoms with Crippen molar-refractivity contribution < 1.29 is 14.0 Å². The molecule has 1 aliphatic rings. The minimum Gasteiger partial charge on any atom is -0.338 e. The summed E-state index contributed by atoms with van der Waals surface area (Å²) in [6.07, 6.45) is 1.30. The summed E-state index contributed by atoms with van der Waals surface area (Å²) in [4.78, 5) is 32.4. The molecular formula is C19H23FN4O2S. The van der Waals surface area contributed by atoms with Crippen LogP contribution in [0.15, 0.2) is 29.6 Å². The zero-order chi connectivity index (χ0) is 19.4. The predicted octanol–water partition coefficient (Wildman–Crippen LogP) is 3.04. The monoisotopic (exact) mass is 390 g/mol. The number of nitrogens with zero attached hydrogens (tertiary/aromatic N) is 3. The van der Waals surface area contributed by atoms with Gasteiger partial charge < -0.3 is 15.1 Å². The van der Waals surface area contributed by atoms with Gasteiger partial charge in [-0.3, -0.25) is 4.79 Å². The number of benzene rings is 1. The van der Waals surface area contributed by atoms with E-state index in [4.69, 9.17) is 0 Å². The summed E-state index contributed by atoms with van der Waals surface area (Å²) >= 11 is 1.56. The molecule has 1 N–H and O–H groups in total. The van der Waals surface area contributed by atoms with Crippen LogP contribution in [-0.2, 0) is 6.54 Å². The van der Waals surface area contributed by atoms with Gasteiger partial charge in [-0.2, -0.15) is 0 Å². The first-order valence-electron chi connectivity index (χ1n) is 8.90. The van der Waals surface area contributed by atoms with E-state index in [0.717, 1.165) is 10.7 Å². The molecule has 0 bridgehead atoms. The van der Waals surface area contributed by atoms with Crippen molar-refractivity contribution in [2.45, 2.75) is 32.4 Å². The molecule has 2 aromatic rings. The molecule has 3 amide bonds. The Bertz CT molecular complexity index is 818. The van der Waals surface area contributed by atoms with Crippen LogP contribution in [0.3, 0.4) is 0 Å². The average Bonchev–Trinajstić information content (AvgIpc) is 3.07. The molecule has 8 heteroatoms. The van der Waals surface area contributed by atoms with Gasteiger partial charge in [0.15, 0.2) is 0 Å². The maximum Gasteiger partial charge on any atom is 0.317 e. The van der Waals surface area contributed by atoms with Gasteiger partial charge in [-0.15, -0.1) is 11.3 Å². The van der Waals surface area contributed by atoms with Crippen molar-refractivity contribution in [1.82, 2.24) is 20.1 Å². The lowest BCUT2D eigenvalue weighted by Gasteiger charge is -2.33. The Balaban J connectivity index is 1.48. The molecular weight excluding hydrogens is 367 g/mol. The van der Waals surface area contributed by atoms with Crippen LogP contribution in [0, 0.1) is 12.7 Å². The van der Waals surface area contributed by atoms with Gasteiger partial charge in [-0.25, -0.2) is 14.2 Å². The fourth-order valence-electron chi connectivity index (χ4n) is 3.11. The fourth-order valence-corrected chi connectivity index (χ4v) is 3.72. The Kier molecular flexibility index (Phi) is 6.05. The molecule has 1 aliphatic heterocycles. The minimum absolute atomic E-state index is 0.00166. The average molecular weight is 390 g/mol. The smallest absolute Gasteiger partial charge is 0.317 e. The standard InChI is InChI=1S/C19H23FN4O2S/c1-13-21-15(12-27-13)11-23(2)19(26)22-14-7-9-24(10-8-14)18(25)16-5-3-4-6-17(16)20/h3-6,12,14H,7-11H2,1-2H3,(H,22,26). The summed E-state index contributed by atoms with van der Waals surface area (Å²) in [5.41, 5.74) is 0.971. The molecule has 1 fully saturated rings. The van der Waals surface area contributed by atoms with Crippen molar-refractivity contribution in [3.05, 3.63) is 51.7 Å². The number of thiazole rings is 1. The Morgan fingerprint density at radius 1 is 1.33 bits per heavy atom. The van der Waals surface area contributed by atoms with Crippen LogP contribution in [-0.4, -0.2) is 52.9 Å². The SMILES string of the molecule is Cc1nc(CN(C)C(=O)NC2CCN(C(=O)c3ccccc3F)CC2)cs1. The zero-order valence-electron chi connectivity index (χ0n) is 15.4. The number of rotatable bonds is 4. The summed E-state index contributed by atoms with van der Waals surface area (Å²) in [5, 5.41) is 5.93. The molecule has 2 heterocycles. The molecule has 6 nitrogen and oxygen atoms in total. The Morgan fingerprint density at radius 3 is 2.67 bits per heavy atom. The number of hydrogen-bond acceptors (Lipinski definition) is 4. The highest BCUT2D eigenvalue weighted by Gasteiger charge is 2.26. The fraction of sp³-hybridized carbons (Fsp3) is 0.421. The van der Waals surface area contributed by atoms with Gasteiger partial charge >= 0.3 is 6.03 Å². The lowest BCUT2D eigenvalue weighted by atomic mass is 10.0. The minimum atomic E-state index is -0.503. The van der Waals surface area contributed by atoms with Crippen LogP contribution < -0.4 is 5.32 Å². The number of aryl methyl sites for hydroxylation is 1. The number of urea groups is 1. The van der Waals surface area contributed by atoms with Crippen molar-refractivity contribution >= 4 is 23.3 Å². The molecule has 1 aromatic heterocycles. The molecule has 0 unspecified atom stereocenters. The van der Waals surface area contributed by atoms with Gasteiger partial charge in [0, 0.05) is 31.6 Å². The molecule has 3 rings (SSSR count). The maximum absolute atomic E-state index is 13.8. The molecule has 27 heavy (non-hydrogen) atoms. The number of likely N-dealkylation sites (tertiary alicyclic amines) is 1. The van der Waals surface area contributed by atoms with Crippen molar-refractivity contribution in [2.24, 2.45) is 0 Å². The topological polar surface area (TPSA) is 65.5 Å². The quantitative estimate of drug-likeness (QED) is 0.873. The molecule has 0 aliphatic carbocycles. The van der Waals surface area contributed by atoms with E-state index in [2.05, 4.69) is 10.3 Å². The number of carbonyl (C=O) groups excluding carboxylic acids is 2. The molecule has 1 aromatic carbocycles. The molecule has 1 saturated heterocycles. The Hall–Kier alpha value is -2.48. The van der Waals surface area contributed by atoms with Crippen LogP contribution >= 0.6 is 11.3 Å². The highest BCUT2D eigenvalue weighted by molar-refractivity contribution is 7.09. The second-order valence-electron chi connectivity index (χ2n) is 6.71. The largest absolute Gasteiger partial charge is 0.338 e. The second-order valence-corrected chi connectivity index (χ2v) is 7.77. The first-order valence-corrected chi connectivity index (χ1v) is 9.78. The van der Waals surface area contributed by atoms with Gasteiger partial charge in [0.2, 0.25) is 0 Å². The number of piperidine rings is 1. The van der Waals surface area contributed by atoms with Crippen LogP contribution in [0.1, 0.15) is 33.9 Å². The van der Waals surface area contributed by atoms with Crippen molar-refractivity contribution in [3.8, 4) is 0 Å². The summed E-state index contributed by atoms with van der Waals surface area (Å²) in [5.74, 6) is -0.800. The van der Waals surface area contributed by atoms with Gasteiger partial charge in [0.05, 0.1) is 22.8 Å². The van der Waals surface area contributed by atoms with E-state index in [0.29, 0.717) is 32.5 Å². The zero-order valence-corrected chi connectivity index (χ0v) is 16.3. The number of nitrogens with one attached hydrogen (secondary N) is 1. The number of hydrogen-bond donors (Lipinski definition) is 1. The Morgan fingerprint density at radius 2 is 2.04 bits per heavy atom. The van der Waals surface area contributed by atoms with Crippen LogP contribution in [0.25, 0.3) is 0 Å². The first kappa shape index (κ1) is 19.3. The van der Waals surface area contributed by atoms with Crippen molar-refractivity contribution in [3.63, 3.8) is 0 Å². The number of amides is 3. The van der Waals surface area contributed by atoms with Crippen LogP contribution in [0.2, 0.25) is 0 Å². The third-order valence-corrected chi connectivity index (χ3v) is 5.45. The highest BCUT2D eigenvalue weighted by atomic mass is 32.1. The van der Waals surface area contributed by atoms with E-state index in [1.807, 2.05) is 12.3 Å². The Labute approximate surface area is 162 Å². The van der Waals surface area contributed by atoms with E-state index < -0.39 is 5.82 Å². The van der Waals surface area contributed by atoms with Crippen LogP contribution in [0.4, 0.5) is 9.18 Å². The van der Waals surface area contributed by atoms with E-state index in [-0.39, 0.29) is 23.5 Å². The van der Waals surface area contributed by atoms with Crippen molar-refractivity contribution in [1.29, 1.82) is 0 Å². The van der Waals surface area contributed by atoms with Gasteiger partial charge in [-0.05, 0) is 31.9 Å². The first-order chi connectivity index (χ1) is 12.9. The van der Waals surface area contributed by atoms with Crippen molar-refractivity contribution in [2.75, 3.05) is 20.1 Å². The van der Waals surface area contributed by atoms with Gasteiger partial charge in [0.25, 0.3) is 5.91 Å². The summed E-state index contributed by atoms with van der Waals surface area (Å²) in [6, 6.07) is 5.86. The summed E-state index contributed by atoms with van der Waals surface area (Å²) in [7, 11) is 1.74. The summed E-state index contributed by atoms with van der Waals surface area (Å²) in [6.45, 7) is 3.38. The molecule has 0 saturated carbocycles. The molecule has 0 radical (unpaired) electrons. The molecule has 0 atom stereocenters. The predicted molar refractivity (Wildman–Crippen MR) is 102 cm³/mol. The lowest BCUT2D eigenvalue weighted by molar-refractivity contribution is 0.0702. The highest BCUT2D eigenvalue weighted by Crippen LogP contribution is 2.16. The molecule has 0 spiro atoms.